The van der Waals surface area contributed by atoms with Crippen LogP contribution >= 0.6 is 0 Å². The molecule has 3 heterocycles. The number of halogens is 3. The van der Waals surface area contributed by atoms with Crippen molar-refractivity contribution < 1.29 is 37.0 Å². The topological polar surface area (TPSA) is 72.1 Å². The molecule has 1 aromatic heterocycles. The normalized spacial score (nSPS) is 21.1. The summed E-state index contributed by atoms with van der Waals surface area (Å²) in [6, 6.07) is 12.1. The van der Waals surface area contributed by atoms with E-state index in [1.807, 2.05) is 42.7 Å². The van der Waals surface area contributed by atoms with E-state index in [-0.39, 0.29) is 11.7 Å². The van der Waals surface area contributed by atoms with E-state index in [4.69, 9.17) is 23.8 Å². The first-order chi connectivity index (χ1) is 14.3. The van der Waals surface area contributed by atoms with Crippen LogP contribution in [-0.4, -0.2) is 53.6 Å². The Hall–Kier alpha value is -2.52. The Morgan fingerprint density at radius 3 is 2.43 bits per heavy atom. The number of carboxylic acids is 1. The number of hydrogen-bond donors (Lipinski definition) is 1. The first-order valence-electron chi connectivity index (χ1n) is 9.65. The summed E-state index contributed by atoms with van der Waals surface area (Å²) in [5, 5.41) is 7.12. The number of rotatable bonds is 4. The summed E-state index contributed by atoms with van der Waals surface area (Å²) in [5.41, 5.74) is 1.27. The van der Waals surface area contributed by atoms with E-state index in [1.54, 1.807) is 6.26 Å². The van der Waals surface area contributed by atoms with Crippen LogP contribution in [0.25, 0.3) is 0 Å². The minimum atomic E-state index is -5.08. The van der Waals surface area contributed by atoms with Gasteiger partial charge < -0.3 is 19.0 Å². The molecule has 0 bridgehead atoms. The van der Waals surface area contributed by atoms with Gasteiger partial charge in [-0.25, -0.2) is 4.79 Å². The molecular formula is C21H24F3NO5. The van der Waals surface area contributed by atoms with Crippen LogP contribution in [0.4, 0.5) is 13.2 Å². The molecule has 1 N–H and O–H groups in total. The van der Waals surface area contributed by atoms with Crippen LogP contribution in [0, 0.1) is 0 Å². The monoisotopic (exact) mass is 427 g/mol. The third kappa shape index (κ3) is 6.24. The number of ether oxygens (including phenoxy) is 2. The number of carboxylic acid groups (broad SMARTS) is 1. The van der Waals surface area contributed by atoms with Gasteiger partial charge in [0, 0.05) is 31.6 Å². The van der Waals surface area contributed by atoms with Gasteiger partial charge >= 0.3 is 12.1 Å². The number of hydrogen-bond acceptors (Lipinski definition) is 5. The molecule has 164 valence electrons. The Morgan fingerprint density at radius 2 is 1.87 bits per heavy atom. The molecule has 2 saturated heterocycles. The molecule has 4 rings (SSSR count). The lowest BCUT2D eigenvalue weighted by Gasteiger charge is -2.38. The van der Waals surface area contributed by atoms with Crippen molar-refractivity contribution >= 4 is 5.97 Å². The largest absolute Gasteiger partial charge is 0.490 e. The number of likely N-dealkylation sites (tertiary alicyclic amines) is 1. The lowest BCUT2D eigenvalue weighted by Crippen LogP contribution is -2.44. The van der Waals surface area contributed by atoms with Gasteiger partial charge in [-0.2, -0.15) is 13.2 Å². The van der Waals surface area contributed by atoms with Crippen molar-refractivity contribution in [2.45, 2.75) is 43.7 Å². The van der Waals surface area contributed by atoms with Crippen LogP contribution in [0.3, 0.4) is 0 Å². The van der Waals surface area contributed by atoms with Gasteiger partial charge in [0.15, 0.2) is 0 Å². The quantitative estimate of drug-likeness (QED) is 0.792. The van der Waals surface area contributed by atoms with E-state index in [0.29, 0.717) is 6.61 Å². The molecule has 0 aliphatic carbocycles. The van der Waals surface area contributed by atoms with Crippen molar-refractivity contribution in [2.75, 3.05) is 19.7 Å². The number of piperidine rings is 1. The molecule has 1 unspecified atom stereocenters. The molecular weight excluding hydrogens is 403 g/mol. The highest BCUT2D eigenvalue weighted by Crippen LogP contribution is 2.37. The van der Waals surface area contributed by atoms with Crippen LogP contribution in [0.15, 0.2) is 53.3 Å². The number of carbonyl (C=O) groups is 1. The van der Waals surface area contributed by atoms with Crippen molar-refractivity contribution in [2.24, 2.45) is 0 Å². The van der Waals surface area contributed by atoms with E-state index in [0.717, 1.165) is 44.6 Å². The van der Waals surface area contributed by atoms with Gasteiger partial charge in [0.05, 0.1) is 24.7 Å². The summed E-state index contributed by atoms with van der Waals surface area (Å²) in [6.45, 7) is 3.82. The zero-order chi connectivity index (χ0) is 21.6. The van der Waals surface area contributed by atoms with Crippen LogP contribution in [0.2, 0.25) is 0 Å². The molecule has 0 radical (unpaired) electrons. The lowest BCUT2D eigenvalue weighted by molar-refractivity contribution is -0.192. The third-order valence-corrected chi connectivity index (χ3v) is 5.22. The Balaban J connectivity index is 0.000000318. The minimum Gasteiger partial charge on any atom is -0.488 e. The molecule has 30 heavy (non-hydrogen) atoms. The highest BCUT2D eigenvalue weighted by Gasteiger charge is 2.43. The Kier molecular flexibility index (Phi) is 7.04. The predicted molar refractivity (Wildman–Crippen MR) is 101 cm³/mol. The van der Waals surface area contributed by atoms with Gasteiger partial charge in [0.1, 0.15) is 11.9 Å². The first kappa shape index (κ1) is 22.2. The van der Waals surface area contributed by atoms with Crippen molar-refractivity contribution in [1.82, 2.24) is 4.90 Å². The standard InChI is InChI=1S/C19H23NO3.C2HF3O2/c1-2-4-17(5-3-1)23-18-12-19(22-15-18)7-9-20(10-8-19)13-16-6-11-21-14-16;3-2(4,5)1(6)7/h1-6,11,14,18H,7-10,12-13,15H2;(H,6,7). The average Bonchev–Trinajstić information content (AvgIpc) is 3.35. The second-order valence-electron chi connectivity index (χ2n) is 7.46. The van der Waals surface area contributed by atoms with Crippen molar-refractivity contribution in [3.05, 3.63) is 54.5 Å². The highest BCUT2D eigenvalue weighted by molar-refractivity contribution is 5.73. The Labute approximate surface area is 172 Å². The minimum absolute atomic E-state index is 0.0202. The molecule has 0 saturated carbocycles. The zero-order valence-electron chi connectivity index (χ0n) is 16.3. The first-order valence-corrected chi connectivity index (χ1v) is 9.65. The van der Waals surface area contributed by atoms with Crippen molar-refractivity contribution in [3.63, 3.8) is 0 Å². The van der Waals surface area contributed by atoms with E-state index in [9.17, 15) is 13.2 Å². The Morgan fingerprint density at radius 1 is 1.20 bits per heavy atom. The summed E-state index contributed by atoms with van der Waals surface area (Å²) in [4.78, 5) is 11.4. The summed E-state index contributed by atoms with van der Waals surface area (Å²) in [7, 11) is 0. The van der Waals surface area contributed by atoms with E-state index < -0.39 is 12.1 Å². The maximum absolute atomic E-state index is 10.6. The fourth-order valence-electron chi connectivity index (χ4n) is 3.68. The van der Waals surface area contributed by atoms with Gasteiger partial charge in [-0.15, -0.1) is 0 Å². The van der Waals surface area contributed by atoms with E-state index >= 15 is 0 Å². The second-order valence-corrected chi connectivity index (χ2v) is 7.46. The van der Waals surface area contributed by atoms with E-state index in [1.165, 1.54) is 5.56 Å². The number of aliphatic carboxylic acids is 1. The second kappa shape index (κ2) is 9.53. The molecule has 2 aliphatic heterocycles. The van der Waals surface area contributed by atoms with E-state index in [2.05, 4.69) is 4.90 Å². The molecule has 6 nitrogen and oxygen atoms in total. The predicted octanol–water partition coefficient (Wildman–Crippen LogP) is 4.12. The van der Waals surface area contributed by atoms with Crippen molar-refractivity contribution in [1.29, 1.82) is 0 Å². The third-order valence-electron chi connectivity index (χ3n) is 5.22. The molecule has 2 aliphatic rings. The molecule has 1 atom stereocenters. The zero-order valence-corrected chi connectivity index (χ0v) is 16.3. The average molecular weight is 427 g/mol. The van der Waals surface area contributed by atoms with Gasteiger partial charge in [0.25, 0.3) is 0 Å². The van der Waals surface area contributed by atoms with Gasteiger partial charge in [-0.3, -0.25) is 4.90 Å². The molecule has 2 fully saturated rings. The SMILES string of the molecule is O=C(O)C(F)(F)F.c1ccc(OC2COC3(CCN(Cc4ccoc4)CC3)C2)cc1. The highest BCUT2D eigenvalue weighted by atomic mass is 19.4. The summed E-state index contributed by atoms with van der Waals surface area (Å²) >= 11 is 0. The van der Waals surface area contributed by atoms with Crippen LogP contribution in [-0.2, 0) is 16.1 Å². The number of alkyl halides is 3. The number of furan rings is 1. The summed E-state index contributed by atoms with van der Waals surface area (Å²) in [5.74, 6) is -1.82. The lowest BCUT2D eigenvalue weighted by atomic mass is 9.88. The fraction of sp³-hybridized carbons (Fsp3) is 0.476. The molecule has 2 aromatic rings. The van der Waals surface area contributed by atoms with Gasteiger partial charge in [-0.05, 0) is 31.0 Å². The van der Waals surface area contributed by atoms with Crippen LogP contribution < -0.4 is 4.74 Å². The smallest absolute Gasteiger partial charge is 0.488 e. The van der Waals surface area contributed by atoms with Crippen LogP contribution in [0.1, 0.15) is 24.8 Å². The molecule has 9 heteroatoms. The molecule has 0 amide bonds. The molecule has 1 spiro atoms. The summed E-state index contributed by atoms with van der Waals surface area (Å²) < 4.78 is 49.1. The number of para-hydroxylation sites is 1. The maximum Gasteiger partial charge on any atom is 0.490 e. The maximum atomic E-state index is 10.6. The van der Waals surface area contributed by atoms with Crippen LogP contribution in [0.5, 0.6) is 5.75 Å². The van der Waals surface area contributed by atoms with Crippen molar-refractivity contribution in [3.8, 4) is 5.75 Å². The Bertz CT molecular complexity index is 787. The number of benzene rings is 1. The van der Waals surface area contributed by atoms with Gasteiger partial charge in [0.2, 0.25) is 0 Å². The molecule has 1 aromatic carbocycles. The number of nitrogens with zero attached hydrogens (tertiary/aromatic N) is 1. The summed E-state index contributed by atoms with van der Waals surface area (Å²) in [6.07, 6.45) is 1.84. The fourth-order valence-corrected chi connectivity index (χ4v) is 3.68. The van der Waals surface area contributed by atoms with Gasteiger partial charge in [-0.1, -0.05) is 18.2 Å².